The molecule has 1 N–H and O–H groups in total. The fraction of sp³-hybridized carbons (Fsp3) is 0.257. The van der Waals surface area contributed by atoms with Gasteiger partial charge in [-0.3, -0.25) is 0 Å². The van der Waals surface area contributed by atoms with E-state index in [1.165, 1.54) is 6.07 Å². The number of carbonyl (C=O) groups is 1. The second kappa shape index (κ2) is 11.3. The lowest BCUT2D eigenvalue weighted by atomic mass is 10.00. The molecule has 3 aromatic carbocycles. The highest BCUT2D eigenvalue weighted by molar-refractivity contribution is 5.92. The van der Waals surface area contributed by atoms with Crippen LogP contribution < -0.4 is 4.74 Å². The molecular weight excluding hydrogens is 543 g/mol. The largest absolute Gasteiger partial charge is 0.478 e. The summed E-state index contributed by atoms with van der Waals surface area (Å²) >= 11 is 0. The summed E-state index contributed by atoms with van der Waals surface area (Å²) in [4.78, 5) is 21.3. The number of halogens is 1. The Morgan fingerprint density at radius 3 is 2.58 bits per heavy atom. The summed E-state index contributed by atoms with van der Waals surface area (Å²) in [5.41, 5.74) is 6.82. The van der Waals surface area contributed by atoms with Gasteiger partial charge in [-0.15, -0.1) is 0 Å². The van der Waals surface area contributed by atoms with Gasteiger partial charge in [0.15, 0.2) is 0 Å². The molecule has 216 valence electrons. The van der Waals surface area contributed by atoms with E-state index in [0.717, 1.165) is 57.6 Å². The average Bonchev–Trinajstić information content (AvgIpc) is 3.67. The fourth-order valence-electron chi connectivity index (χ4n) is 5.49. The Morgan fingerprint density at radius 1 is 1.05 bits per heavy atom. The predicted molar refractivity (Wildman–Crippen MR) is 161 cm³/mol. The number of nitriles is 1. The maximum Gasteiger partial charge on any atom is 0.335 e. The van der Waals surface area contributed by atoms with Crippen molar-refractivity contribution in [3.63, 3.8) is 0 Å². The number of pyridine rings is 1. The molecule has 2 heterocycles. The Hall–Kier alpha value is -5.03. The highest BCUT2D eigenvalue weighted by atomic mass is 19.1. The zero-order chi connectivity index (χ0) is 30.1. The molecule has 5 aromatic rings. The minimum absolute atomic E-state index is 0.0841. The molecule has 0 aliphatic heterocycles. The molecule has 1 aliphatic rings. The molecular formula is C35H31FN4O3. The van der Waals surface area contributed by atoms with E-state index in [1.807, 2.05) is 38.1 Å². The zero-order valence-corrected chi connectivity index (χ0v) is 24.1. The van der Waals surface area contributed by atoms with Crippen molar-refractivity contribution in [2.24, 2.45) is 5.41 Å². The van der Waals surface area contributed by atoms with E-state index in [1.54, 1.807) is 30.3 Å². The van der Waals surface area contributed by atoms with E-state index in [-0.39, 0.29) is 23.4 Å². The summed E-state index contributed by atoms with van der Waals surface area (Å²) in [6, 6.07) is 24.1. The second-order valence-corrected chi connectivity index (χ2v) is 11.5. The van der Waals surface area contributed by atoms with Crippen LogP contribution >= 0.6 is 0 Å². The van der Waals surface area contributed by atoms with E-state index in [4.69, 9.17) is 9.72 Å². The summed E-state index contributed by atoms with van der Waals surface area (Å²) < 4.78 is 22.2. The van der Waals surface area contributed by atoms with Gasteiger partial charge in [0.1, 0.15) is 18.2 Å². The van der Waals surface area contributed by atoms with Gasteiger partial charge in [-0.1, -0.05) is 30.3 Å². The summed E-state index contributed by atoms with van der Waals surface area (Å²) in [5.74, 6) is -0.0173. The lowest BCUT2D eigenvalue weighted by molar-refractivity contribution is 0.0697. The number of carboxylic acid groups (broad SMARTS) is 1. The Bertz CT molecular complexity index is 1900. The van der Waals surface area contributed by atoms with E-state index < -0.39 is 5.97 Å². The molecule has 0 bridgehead atoms. The molecule has 1 fully saturated rings. The number of benzene rings is 3. The Kier molecular flexibility index (Phi) is 7.41. The van der Waals surface area contributed by atoms with Crippen LogP contribution in [0.1, 0.15) is 57.7 Å². The number of aromatic carboxylic acids is 1. The van der Waals surface area contributed by atoms with Crippen molar-refractivity contribution < 1.29 is 19.0 Å². The third-order valence-corrected chi connectivity index (χ3v) is 8.27. The van der Waals surface area contributed by atoms with Crippen LogP contribution in [0.2, 0.25) is 0 Å². The summed E-state index contributed by atoms with van der Waals surface area (Å²) in [6.45, 7) is 4.62. The standard InChI is InChI=1S/C35H31FN4O3/c1-22-6-7-27(28(36)16-22)20-43-33-5-3-4-29(39-33)25-9-8-24(23(2)17-25)19-32-38-30-11-10-26(34(41)42)18-31(30)40(32)21-35(12-13-35)14-15-37/h3-11,16-18H,12-14,19-21H2,1-2H3,(H,41,42). The first-order valence-corrected chi connectivity index (χ1v) is 14.3. The van der Waals surface area contributed by atoms with Gasteiger partial charge in [0.2, 0.25) is 5.88 Å². The molecule has 0 radical (unpaired) electrons. The first kappa shape index (κ1) is 28.1. The topological polar surface area (TPSA) is 101 Å². The Morgan fingerprint density at radius 2 is 1.86 bits per heavy atom. The molecule has 0 saturated heterocycles. The molecule has 7 nitrogen and oxygen atoms in total. The normalized spacial score (nSPS) is 13.5. The van der Waals surface area contributed by atoms with Gasteiger partial charge in [-0.25, -0.2) is 19.2 Å². The van der Waals surface area contributed by atoms with Gasteiger partial charge in [0.25, 0.3) is 0 Å². The van der Waals surface area contributed by atoms with Gasteiger partial charge in [0.05, 0.1) is 28.4 Å². The van der Waals surface area contributed by atoms with E-state index in [9.17, 15) is 19.6 Å². The molecule has 1 aliphatic carbocycles. The summed E-state index contributed by atoms with van der Waals surface area (Å²) in [6.07, 6.45) is 2.97. The highest BCUT2D eigenvalue weighted by Crippen LogP contribution is 2.50. The third kappa shape index (κ3) is 5.98. The highest BCUT2D eigenvalue weighted by Gasteiger charge is 2.43. The molecule has 0 spiro atoms. The van der Waals surface area contributed by atoms with Crippen molar-refractivity contribution in [1.82, 2.24) is 14.5 Å². The quantitative estimate of drug-likeness (QED) is 0.186. The van der Waals surface area contributed by atoms with Gasteiger partial charge >= 0.3 is 5.97 Å². The molecule has 6 rings (SSSR count). The maximum atomic E-state index is 14.2. The molecule has 8 heteroatoms. The molecule has 43 heavy (non-hydrogen) atoms. The Labute approximate surface area is 249 Å². The van der Waals surface area contributed by atoms with Gasteiger partial charge < -0.3 is 14.4 Å². The van der Waals surface area contributed by atoms with Crippen LogP contribution in [0.15, 0.2) is 72.8 Å². The average molecular weight is 575 g/mol. The number of hydrogen-bond donors (Lipinski definition) is 1. The summed E-state index contributed by atoms with van der Waals surface area (Å²) in [7, 11) is 0. The van der Waals surface area contributed by atoms with Crippen LogP contribution in [0.3, 0.4) is 0 Å². The number of aromatic nitrogens is 3. The Balaban J connectivity index is 1.26. The first-order chi connectivity index (χ1) is 20.7. The minimum Gasteiger partial charge on any atom is -0.478 e. The monoisotopic (exact) mass is 574 g/mol. The number of aryl methyl sites for hydroxylation is 2. The van der Waals surface area contributed by atoms with Crippen LogP contribution in [0, 0.1) is 36.4 Å². The second-order valence-electron chi connectivity index (χ2n) is 11.5. The first-order valence-electron chi connectivity index (χ1n) is 14.3. The predicted octanol–water partition coefficient (Wildman–Crippen LogP) is 7.42. The number of fused-ring (bicyclic) bond motifs is 1. The smallest absolute Gasteiger partial charge is 0.335 e. The van der Waals surface area contributed by atoms with Crippen molar-refractivity contribution in [3.05, 3.63) is 112 Å². The van der Waals surface area contributed by atoms with Crippen molar-refractivity contribution in [3.8, 4) is 23.2 Å². The lowest BCUT2D eigenvalue weighted by Gasteiger charge is -2.17. The molecule has 2 aromatic heterocycles. The zero-order valence-electron chi connectivity index (χ0n) is 24.1. The number of hydrogen-bond acceptors (Lipinski definition) is 5. The van der Waals surface area contributed by atoms with Crippen molar-refractivity contribution in [1.29, 1.82) is 5.26 Å². The van der Waals surface area contributed by atoms with Gasteiger partial charge in [-0.05, 0) is 79.8 Å². The van der Waals surface area contributed by atoms with E-state index >= 15 is 0 Å². The fourth-order valence-corrected chi connectivity index (χ4v) is 5.49. The number of nitrogens with zero attached hydrogens (tertiary/aromatic N) is 4. The molecule has 0 amide bonds. The van der Waals surface area contributed by atoms with Crippen molar-refractivity contribution >= 4 is 17.0 Å². The van der Waals surface area contributed by atoms with Crippen LogP contribution in [-0.4, -0.2) is 25.6 Å². The number of carboxylic acids is 1. The van der Waals surface area contributed by atoms with Crippen LogP contribution in [0.4, 0.5) is 4.39 Å². The molecule has 0 unspecified atom stereocenters. The third-order valence-electron chi connectivity index (χ3n) is 8.27. The number of rotatable bonds is 10. The number of ether oxygens (including phenoxy) is 1. The minimum atomic E-state index is -0.980. The van der Waals surface area contributed by atoms with Crippen molar-refractivity contribution in [2.75, 3.05) is 0 Å². The molecule has 1 saturated carbocycles. The van der Waals surface area contributed by atoms with Crippen LogP contribution in [-0.2, 0) is 19.6 Å². The van der Waals surface area contributed by atoms with Crippen LogP contribution in [0.25, 0.3) is 22.3 Å². The van der Waals surface area contributed by atoms with E-state index in [2.05, 4.69) is 27.8 Å². The molecule has 0 atom stereocenters. The van der Waals surface area contributed by atoms with Gasteiger partial charge in [-0.2, -0.15) is 5.26 Å². The van der Waals surface area contributed by atoms with Crippen LogP contribution in [0.5, 0.6) is 5.88 Å². The summed E-state index contributed by atoms with van der Waals surface area (Å²) in [5, 5.41) is 19.0. The maximum absolute atomic E-state index is 14.2. The lowest BCUT2D eigenvalue weighted by Crippen LogP contribution is -2.14. The SMILES string of the molecule is Cc1ccc(COc2cccc(-c3ccc(Cc4nc5ccc(C(=O)O)cc5n4CC4(CC#N)CC4)c(C)c3)n2)c(F)c1. The number of imidazole rings is 1. The van der Waals surface area contributed by atoms with E-state index in [0.29, 0.717) is 30.8 Å². The van der Waals surface area contributed by atoms with Crippen molar-refractivity contribution in [2.45, 2.75) is 52.7 Å². The van der Waals surface area contributed by atoms with Gasteiger partial charge in [0, 0.05) is 42.0 Å².